The van der Waals surface area contributed by atoms with Crippen LogP contribution in [0.5, 0.6) is 0 Å². The fourth-order valence-corrected chi connectivity index (χ4v) is 1.72. The van der Waals surface area contributed by atoms with Crippen molar-refractivity contribution in [2.24, 2.45) is 0 Å². The van der Waals surface area contributed by atoms with Gasteiger partial charge >= 0.3 is 12.1 Å². The lowest BCUT2D eigenvalue weighted by Crippen LogP contribution is -2.05. The standard InChI is InChI=1S/C12H7Cl2F3O2/c1-2-19-11(18)4-3-8-9(13)5-7(6-10(8)14)12(15,16)17/h5-6H,2H2,1H3. The molecule has 0 saturated carbocycles. The fourth-order valence-electron chi connectivity index (χ4n) is 1.14. The molecule has 19 heavy (non-hydrogen) atoms. The normalized spacial score (nSPS) is 10.6. The van der Waals surface area contributed by atoms with Gasteiger partial charge in [0.05, 0.1) is 27.8 Å². The molecule has 0 fully saturated rings. The first-order valence-electron chi connectivity index (χ1n) is 5.00. The van der Waals surface area contributed by atoms with E-state index in [4.69, 9.17) is 23.2 Å². The zero-order valence-electron chi connectivity index (χ0n) is 9.57. The number of halogens is 5. The topological polar surface area (TPSA) is 26.3 Å². The Morgan fingerprint density at radius 2 is 1.84 bits per heavy atom. The monoisotopic (exact) mass is 310 g/mol. The van der Waals surface area contributed by atoms with E-state index in [0.717, 1.165) is 0 Å². The van der Waals surface area contributed by atoms with E-state index in [1.54, 1.807) is 6.92 Å². The predicted octanol–water partition coefficient (Wildman–Crippen LogP) is 3.93. The molecule has 0 aromatic heterocycles. The molecule has 0 aliphatic heterocycles. The lowest BCUT2D eigenvalue weighted by Gasteiger charge is -2.09. The van der Waals surface area contributed by atoms with Crippen LogP contribution < -0.4 is 0 Å². The highest BCUT2D eigenvalue weighted by Crippen LogP contribution is 2.35. The Kier molecular flexibility index (Phi) is 5.10. The maximum atomic E-state index is 12.5. The number of hydrogen-bond acceptors (Lipinski definition) is 2. The highest BCUT2D eigenvalue weighted by atomic mass is 35.5. The molecule has 0 aliphatic rings. The van der Waals surface area contributed by atoms with Crippen LogP contribution in [0.4, 0.5) is 13.2 Å². The van der Waals surface area contributed by atoms with E-state index >= 15 is 0 Å². The van der Waals surface area contributed by atoms with Gasteiger partial charge in [-0.2, -0.15) is 13.2 Å². The van der Waals surface area contributed by atoms with E-state index in [1.807, 2.05) is 0 Å². The molecular weight excluding hydrogens is 304 g/mol. The van der Waals surface area contributed by atoms with Gasteiger partial charge in [0.25, 0.3) is 0 Å². The third kappa shape index (κ3) is 4.34. The highest BCUT2D eigenvalue weighted by molar-refractivity contribution is 6.36. The summed E-state index contributed by atoms with van der Waals surface area (Å²) in [5, 5.41) is -0.562. The largest absolute Gasteiger partial charge is 0.456 e. The number of carbonyl (C=O) groups is 1. The average molecular weight is 311 g/mol. The summed E-state index contributed by atoms with van der Waals surface area (Å²) in [6.45, 7) is 1.74. The van der Waals surface area contributed by atoms with E-state index in [0.29, 0.717) is 12.1 Å². The van der Waals surface area contributed by atoms with E-state index < -0.39 is 17.7 Å². The molecule has 0 heterocycles. The van der Waals surface area contributed by atoms with Crippen molar-refractivity contribution in [3.8, 4) is 11.8 Å². The third-order valence-electron chi connectivity index (χ3n) is 1.93. The summed E-state index contributed by atoms with van der Waals surface area (Å²) >= 11 is 11.3. The molecule has 2 nitrogen and oxygen atoms in total. The van der Waals surface area contributed by atoms with Crippen LogP contribution in [0.3, 0.4) is 0 Å². The number of rotatable bonds is 1. The quantitative estimate of drug-likeness (QED) is 0.580. The molecule has 1 aromatic carbocycles. The maximum Gasteiger partial charge on any atom is 0.416 e. The van der Waals surface area contributed by atoms with Crippen molar-refractivity contribution in [3.05, 3.63) is 33.3 Å². The molecule has 0 aliphatic carbocycles. The predicted molar refractivity (Wildman–Crippen MR) is 65.0 cm³/mol. The van der Waals surface area contributed by atoms with E-state index in [1.165, 1.54) is 0 Å². The smallest absolute Gasteiger partial charge is 0.416 e. The SMILES string of the molecule is CCOC(=O)C#Cc1c(Cl)cc(C(F)(F)F)cc1Cl. The maximum absolute atomic E-state index is 12.5. The van der Waals surface area contributed by atoms with Gasteiger partial charge in [-0.25, -0.2) is 4.79 Å². The van der Waals surface area contributed by atoms with Gasteiger partial charge in [0, 0.05) is 5.92 Å². The molecule has 102 valence electrons. The van der Waals surface area contributed by atoms with E-state index in [-0.39, 0.29) is 22.2 Å². The fraction of sp³-hybridized carbons (Fsp3) is 0.250. The van der Waals surface area contributed by atoms with E-state index in [9.17, 15) is 18.0 Å². The number of ether oxygens (including phenoxy) is 1. The number of alkyl halides is 3. The number of carbonyl (C=O) groups excluding carboxylic acids is 1. The van der Waals surface area contributed by atoms with E-state index in [2.05, 4.69) is 16.6 Å². The Morgan fingerprint density at radius 1 is 1.32 bits per heavy atom. The number of hydrogen-bond donors (Lipinski definition) is 0. The summed E-state index contributed by atoms with van der Waals surface area (Å²) in [5.41, 5.74) is -1.03. The van der Waals surface area contributed by atoms with Crippen LogP contribution >= 0.6 is 23.2 Å². The first-order valence-corrected chi connectivity index (χ1v) is 5.76. The molecule has 0 atom stereocenters. The summed E-state index contributed by atoms with van der Waals surface area (Å²) in [5.74, 6) is 3.56. The minimum atomic E-state index is -4.56. The first kappa shape index (κ1) is 15.7. The van der Waals surface area contributed by atoms with Gasteiger partial charge in [0.15, 0.2) is 0 Å². The van der Waals surface area contributed by atoms with Crippen molar-refractivity contribution in [2.45, 2.75) is 13.1 Å². The van der Waals surface area contributed by atoms with Crippen LogP contribution in [-0.2, 0) is 15.7 Å². The second kappa shape index (κ2) is 6.18. The van der Waals surface area contributed by atoms with Crippen LogP contribution in [0.2, 0.25) is 10.0 Å². The molecule has 0 radical (unpaired) electrons. The van der Waals surface area contributed by atoms with Crippen molar-refractivity contribution in [1.82, 2.24) is 0 Å². The molecule has 7 heteroatoms. The van der Waals surface area contributed by atoms with Crippen molar-refractivity contribution in [2.75, 3.05) is 6.61 Å². The lowest BCUT2D eigenvalue weighted by atomic mass is 10.1. The van der Waals surface area contributed by atoms with Gasteiger partial charge in [-0.1, -0.05) is 29.1 Å². The van der Waals surface area contributed by atoms with Gasteiger partial charge < -0.3 is 4.74 Å². The van der Waals surface area contributed by atoms with Gasteiger partial charge in [-0.05, 0) is 19.1 Å². The molecule has 0 spiro atoms. The molecule has 1 rings (SSSR count). The van der Waals surface area contributed by atoms with Gasteiger partial charge in [-0.15, -0.1) is 0 Å². The Bertz CT molecular complexity index is 533. The Hall–Kier alpha value is -1.38. The zero-order valence-corrected chi connectivity index (χ0v) is 11.1. The molecular formula is C12H7Cl2F3O2. The number of benzene rings is 1. The van der Waals surface area contributed by atoms with Crippen LogP contribution in [-0.4, -0.2) is 12.6 Å². The summed E-state index contributed by atoms with van der Waals surface area (Å²) in [6.07, 6.45) is -4.56. The highest BCUT2D eigenvalue weighted by Gasteiger charge is 2.31. The van der Waals surface area contributed by atoms with Gasteiger partial charge in [0.2, 0.25) is 0 Å². The van der Waals surface area contributed by atoms with Crippen molar-refractivity contribution < 1.29 is 22.7 Å². The summed E-state index contributed by atoms with van der Waals surface area (Å²) in [6, 6.07) is 1.39. The molecule has 0 unspecified atom stereocenters. The minimum Gasteiger partial charge on any atom is -0.456 e. The molecule has 0 amide bonds. The van der Waals surface area contributed by atoms with Crippen LogP contribution in [0.15, 0.2) is 12.1 Å². The minimum absolute atomic E-state index is 0.0515. The van der Waals surface area contributed by atoms with Gasteiger partial charge in [0.1, 0.15) is 0 Å². The van der Waals surface area contributed by atoms with Crippen LogP contribution in [0, 0.1) is 11.8 Å². The van der Waals surface area contributed by atoms with Crippen molar-refractivity contribution >= 4 is 29.2 Å². The summed E-state index contributed by atoms with van der Waals surface area (Å²) < 4.78 is 41.9. The zero-order chi connectivity index (χ0) is 14.6. The molecule has 0 saturated heterocycles. The summed E-state index contributed by atoms with van der Waals surface area (Å²) in [4.78, 5) is 11.0. The van der Waals surface area contributed by atoms with Crippen LogP contribution in [0.1, 0.15) is 18.1 Å². The molecule has 0 N–H and O–H groups in total. The average Bonchev–Trinajstić information content (AvgIpc) is 2.26. The third-order valence-corrected chi connectivity index (χ3v) is 2.53. The Morgan fingerprint density at radius 3 is 2.26 bits per heavy atom. The van der Waals surface area contributed by atoms with Crippen molar-refractivity contribution in [1.29, 1.82) is 0 Å². The second-order valence-electron chi connectivity index (χ2n) is 3.28. The first-order chi connectivity index (χ1) is 8.75. The second-order valence-corrected chi connectivity index (χ2v) is 4.10. The number of esters is 1. The Labute approximate surface area is 117 Å². The van der Waals surface area contributed by atoms with Gasteiger partial charge in [-0.3, -0.25) is 0 Å². The molecule has 1 aromatic rings. The van der Waals surface area contributed by atoms with Crippen LogP contribution in [0.25, 0.3) is 0 Å². The summed E-state index contributed by atoms with van der Waals surface area (Å²) in [7, 11) is 0. The lowest BCUT2D eigenvalue weighted by molar-refractivity contribution is -0.138. The Balaban J connectivity index is 3.15. The van der Waals surface area contributed by atoms with Crippen molar-refractivity contribution in [3.63, 3.8) is 0 Å². The molecule has 0 bridgehead atoms.